The number of ether oxygens (including phenoxy) is 4. The molecule has 7 bridgehead atoms. The zero-order valence-electron chi connectivity index (χ0n) is 20.3. The molecule has 5 aliphatic carbocycles. The van der Waals surface area contributed by atoms with Gasteiger partial charge in [-0.1, -0.05) is 6.92 Å². The maximum Gasteiger partial charge on any atom is 0.174 e. The first-order valence-electron chi connectivity index (χ1n) is 12.4. The van der Waals surface area contributed by atoms with Gasteiger partial charge in [0.25, 0.3) is 0 Å². The van der Waals surface area contributed by atoms with Crippen molar-refractivity contribution in [1.82, 2.24) is 4.90 Å². The van der Waals surface area contributed by atoms with Gasteiger partial charge in [-0.25, -0.2) is 4.89 Å². The molecule has 1 spiro atoms. The van der Waals surface area contributed by atoms with E-state index in [9.17, 15) is 15.5 Å². The van der Waals surface area contributed by atoms with Crippen LogP contribution in [0.5, 0.6) is 0 Å². The Morgan fingerprint density at radius 2 is 1.79 bits per heavy atom. The van der Waals surface area contributed by atoms with Gasteiger partial charge in [0.05, 0.1) is 30.0 Å². The molecule has 13 atom stereocenters. The summed E-state index contributed by atoms with van der Waals surface area (Å²) in [4.78, 5) is 7.80. The highest BCUT2D eigenvalue weighted by Gasteiger charge is 2.93. The third-order valence-electron chi connectivity index (χ3n) is 11.2. The van der Waals surface area contributed by atoms with Gasteiger partial charge in [0.1, 0.15) is 11.7 Å². The van der Waals surface area contributed by atoms with Crippen LogP contribution in [0.2, 0.25) is 0 Å². The fourth-order valence-corrected chi connectivity index (χ4v) is 10.7. The molecular formula is C24H39NO8. The van der Waals surface area contributed by atoms with E-state index < -0.39 is 28.3 Å². The lowest BCUT2D eigenvalue weighted by molar-refractivity contribution is -0.424. The van der Waals surface area contributed by atoms with Crippen LogP contribution in [0.15, 0.2) is 0 Å². The molecule has 0 aromatic rings. The first-order chi connectivity index (χ1) is 15.8. The van der Waals surface area contributed by atoms with E-state index in [1.807, 2.05) is 0 Å². The number of hydrogen-bond acceptors (Lipinski definition) is 9. The zero-order valence-corrected chi connectivity index (χ0v) is 20.3. The van der Waals surface area contributed by atoms with Crippen LogP contribution in [0.4, 0.5) is 0 Å². The van der Waals surface area contributed by atoms with Gasteiger partial charge in [-0.15, -0.1) is 0 Å². The second-order valence-corrected chi connectivity index (χ2v) is 11.5. The van der Waals surface area contributed by atoms with Crippen LogP contribution in [0.1, 0.15) is 32.6 Å². The molecular weight excluding hydrogens is 430 g/mol. The number of hydrogen-bond donors (Lipinski definition) is 3. The van der Waals surface area contributed by atoms with Gasteiger partial charge in [-0.2, -0.15) is 0 Å². The molecule has 188 valence electrons. The number of β-amino-alcohol motifs (C(OH)–C–C–N with tert-alkyl or cyclic N) is 1. The molecule has 1 heterocycles. The van der Waals surface area contributed by atoms with Crippen molar-refractivity contribution in [2.24, 2.45) is 29.1 Å². The largest absolute Gasteiger partial charge is 0.388 e. The van der Waals surface area contributed by atoms with E-state index in [1.165, 1.54) is 0 Å². The lowest BCUT2D eigenvalue weighted by Gasteiger charge is -2.69. The minimum Gasteiger partial charge on any atom is -0.388 e. The molecule has 6 fully saturated rings. The molecule has 9 nitrogen and oxygen atoms in total. The number of aliphatic hydroxyl groups is 2. The van der Waals surface area contributed by atoms with Crippen LogP contribution >= 0.6 is 0 Å². The first kappa shape index (κ1) is 23.1. The van der Waals surface area contributed by atoms with Crippen molar-refractivity contribution in [3.8, 4) is 0 Å². The molecule has 9 heteroatoms. The van der Waals surface area contributed by atoms with Crippen LogP contribution in [0.3, 0.4) is 0 Å². The van der Waals surface area contributed by atoms with E-state index in [-0.39, 0.29) is 48.0 Å². The minimum atomic E-state index is -1.47. The summed E-state index contributed by atoms with van der Waals surface area (Å²) in [5.74, 6) is -0.515. The fourth-order valence-electron chi connectivity index (χ4n) is 10.7. The van der Waals surface area contributed by atoms with Crippen LogP contribution < -0.4 is 0 Å². The molecule has 6 aliphatic rings. The molecule has 1 aliphatic heterocycles. The van der Waals surface area contributed by atoms with Gasteiger partial charge < -0.3 is 29.2 Å². The summed E-state index contributed by atoms with van der Waals surface area (Å²) < 4.78 is 24.4. The molecule has 0 aromatic carbocycles. The Morgan fingerprint density at radius 3 is 2.36 bits per heavy atom. The average molecular weight is 470 g/mol. The summed E-state index contributed by atoms with van der Waals surface area (Å²) in [7, 11) is 6.71. The second-order valence-electron chi connectivity index (χ2n) is 11.5. The lowest BCUT2D eigenvalue weighted by atomic mass is 9.44. The molecule has 3 N–H and O–H groups in total. The van der Waals surface area contributed by atoms with E-state index >= 15 is 0 Å². The quantitative estimate of drug-likeness (QED) is 0.379. The summed E-state index contributed by atoms with van der Waals surface area (Å²) >= 11 is 0. The average Bonchev–Trinajstić information content (AvgIpc) is 3.25. The number of methoxy groups -OCH3 is 4. The Balaban J connectivity index is 1.70. The number of rotatable bonds is 6. The predicted molar refractivity (Wildman–Crippen MR) is 115 cm³/mol. The zero-order chi connectivity index (χ0) is 23.6. The topological polar surface area (TPSA) is 110 Å². The van der Waals surface area contributed by atoms with Crippen LogP contribution in [-0.2, 0) is 23.8 Å². The van der Waals surface area contributed by atoms with Crippen molar-refractivity contribution in [2.45, 2.75) is 79.9 Å². The highest BCUT2D eigenvalue weighted by Crippen LogP contribution is 2.79. The van der Waals surface area contributed by atoms with Crippen molar-refractivity contribution < 1.29 is 39.3 Å². The minimum absolute atomic E-state index is 0.00199. The van der Waals surface area contributed by atoms with Gasteiger partial charge >= 0.3 is 0 Å². The summed E-state index contributed by atoms with van der Waals surface area (Å²) in [6.45, 7) is 3.17. The molecule has 33 heavy (non-hydrogen) atoms. The molecule has 0 radical (unpaired) electrons. The molecule has 0 aromatic heterocycles. The summed E-state index contributed by atoms with van der Waals surface area (Å²) in [6, 6.07) is -0.376. The Hall–Kier alpha value is -0.360. The summed E-state index contributed by atoms with van der Waals surface area (Å²) in [5, 5.41) is 35.8. The van der Waals surface area contributed by atoms with Crippen molar-refractivity contribution >= 4 is 0 Å². The standard InChI is InChI=1S/C24H39NO8/c1-6-25-11-21(26)8-7-15(30-3)23-13-9-12-14(29-2)10-22(27,16(13)17(12)31-4)24(33-28,20(23)25)19(32-5)18(21)23/h12-20,26-28H,6-11H2,1-5H3/t12-,13-,14+,15+,16-,17+,18-,19+,20+,21-,22-,23+,24-/m1/s1. The SMILES string of the molecule is CCN1C[C@]2(O)CC[C@H](OC)[C@@]34[C@@H]5C[C@H]6[C@H](OC)[C@@H]5[C@](O)(C[C@@H]6OC)[C@@](OO)([C@@H](OC)[C@H]23)[C@@H]14. The second kappa shape index (κ2) is 7.11. The maximum atomic E-state index is 12.8. The fraction of sp³-hybridized carbons (Fsp3) is 1.00. The maximum absolute atomic E-state index is 12.8. The van der Waals surface area contributed by atoms with Gasteiger partial charge in [-0.05, 0) is 31.7 Å². The third kappa shape index (κ3) is 2.15. The number of piperidine rings is 1. The molecule has 0 amide bonds. The highest BCUT2D eigenvalue weighted by atomic mass is 17.1. The Kier molecular flexibility index (Phi) is 4.97. The van der Waals surface area contributed by atoms with Gasteiger partial charge in [0, 0.05) is 64.6 Å². The third-order valence-corrected chi connectivity index (χ3v) is 11.2. The molecule has 6 rings (SSSR count). The highest BCUT2D eigenvalue weighted by molar-refractivity contribution is 5.42. The number of fused-ring (bicyclic) bond motifs is 2. The van der Waals surface area contributed by atoms with Gasteiger partial charge in [-0.3, -0.25) is 10.2 Å². The predicted octanol–water partition coefficient (Wildman–Crippen LogP) is 0.521. The number of nitrogens with zero attached hydrogens (tertiary/aromatic N) is 1. The van der Waals surface area contributed by atoms with Crippen LogP contribution in [-0.4, -0.2) is 109 Å². The summed E-state index contributed by atoms with van der Waals surface area (Å²) in [5.41, 5.74) is -4.53. The lowest BCUT2D eigenvalue weighted by Crippen LogP contribution is -2.82. The van der Waals surface area contributed by atoms with Crippen molar-refractivity contribution in [3.05, 3.63) is 0 Å². The van der Waals surface area contributed by atoms with E-state index in [1.54, 1.807) is 28.4 Å². The van der Waals surface area contributed by atoms with E-state index in [0.717, 1.165) is 6.42 Å². The van der Waals surface area contributed by atoms with Crippen molar-refractivity contribution in [3.63, 3.8) is 0 Å². The molecule has 1 saturated heterocycles. The Morgan fingerprint density at radius 1 is 1.03 bits per heavy atom. The first-order valence-corrected chi connectivity index (χ1v) is 12.4. The number of likely N-dealkylation sites (N-methyl/N-ethyl adjacent to an activating group) is 1. The van der Waals surface area contributed by atoms with Crippen molar-refractivity contribution in [2.75, 3.05) is 41.5 Å². The Labute approximate surface area is 195 Å². The van der Waals surface area contributed by atoms with Crippen LogP contribution in [0.25, 0.3) is 0 Å². The smallest absolute Gasteiger partial charge is 0.174 e. The summed E-state index contributed by atoms with van der Waals surface area (Å²) in [6.07, 6.45) is 1.07. The van der Waals surface area contributed by atoms with Crippen molar-refractivity contribution in [1.29, 1.82) is 0 Å². The van der Waals surface area contributed by atoms with Crippen LogP contribution in [0, 0.1) is 29.1 Å². The van der Waals surface area contributed by atoms with E-state index in [4.69, 9.17) is 23.8 Å². The van der Waals surface area contributed by atoms with Gasteiger partial charge in [0.2, 0.25) is 0 Å². The monoisotopic (exact) mass is 469 g/mol. The normalized spacial score (nSPS) is 60.9. The van der Waals surface area contributed by atoms with E-state index in [0.29, 0.717) is 32.4 Å². The molecule has 0 unspecified atom stereocenters. The Bertz CT molecular complexity index is 815. The van der Waals surface area contributed by atoms with Gasteiger partial charge in [0.15, 0.2) is 5.60 Å². The van der Waals surface area contributed by atoms with E-state index in [2.05, 4.69) is 11.8 Å². The number of likely N-dealkylation sites (tertiary alicyclic amines) is 1. The molecule has 5 saturated carbocycles.